The first-order valence-corrected chi connectivity index (χ1v) is 7.10. The van der Waals surface area contributed by atoms with Gasteiger partial charge in [0.1, 0.15) is 0 Å². The van der Waals surface area contributed by atoms with Gasteiger partial charge in [0.15, 0.2) is 0 Å². The lowest BCUT2D eigenvalue weighted by Crippen LogP contribution is -2.11. The van der Waals surface area contributed by atoms with Crippen LogP contribution in [-0.4, -0.2) is 12.6 Å². The van der Waals surface area contributed by atoms with Crippen LogP contribution in [0.25, 0.3) is 11.1 Å². The van der Waals surface area contributed by atoms with Crippen LogP contribution < -0.4 is 0 Å². The fourth-order valence-electron chi connectivity index (χ4n) is 2.21. The van der Waals surface area contributed by atoms with Crippen LogP contribution in [0.15, 0.2) is 42.5 Å². The minimum absolute atomic E-state index is 0.0259. The van der Waals surface area contributed by atoms with E-state index >= 15 is 0 Å². The van der Waals surface area contributed by atoms with E-state index in [4.69, 9.17) is 4.74 Å². The van der Waals surface area contributed by atoms with Crippen LogP contribution in [-0.2, 0) is 17.1 Å². The summed E-state index contributed by atoms with van der Waals surface area (Å²) < 4.78 is 82.2. The third-order valence-electron chi connectivity index (χ3n) is 3.34. The van der Waals surface area contributed by atoms with Crippen molar-refractivity contribution in [2.45, 2.75) is 19.3 Å². The van der Waals surface area contributed by atoms with Gasteiger partial charge in [0.05, 0.1) is 23.3 Å². The van der Waals surface area contributed by atoms with Gasteiger partial charge in [-0.3, -0.25) is 0 Å². The highest BCUT2D eigenvalue weighted by Gasteiger charge is 2.33. The molecule has 0 aliphatic carbocycles. The van der Waals surface area contributed by atoms with E-state index in [-0.39, 0.29) is 23.3 Å². The smallest absolute Gasteiger partial charge is 0.416 e. The van der Waals surface area contributed by atoms with Gasteiger partial charge in [-0.05, 0) is 48.4 Å². The first kappa shape index (κ1) is 18.8. The lowest BCUT2D eigenvalue weighted by atomic mass is 9.95. The molecule has 0 bridgehead atoms. The summed E-state index contributed by atoms with van der Waals surface area (Å²) in [5, 5.41) is 0. The number of alkyl halides is 6. The highest BCUT2D eigenvalue weighted by atomic mass is 19.4. The van der Waals surface area contributed by atoms with Crippen molar-refractivity contribution in [3.05, 3.63) is 59.2 Å². The molecule has 8 heteroatoms. The van der Waals surface area contributed by atoms with E-state index in [0.29, 0.717) is 18.2 Å². The molecule has 0 unspecified atom stereocenters. The number of carbonyl (C=O) groups excluding carboxylic acids is 1. The normalized spacial score (nSPS) is 12.1. The Morgan fingerprint density at radius 3 is 2.08 bits per heavy atom. The van der Waals surface area contributed by atoms with Crippen LogP contribution >= 0.6 is 0 Å². The molecule has 2 aromatic carbocycles. The maximum Gasteiger partial charge on any atom is 0.416 e. The minimum Gasteiger partial charge on any atom is -0.462 e. The lowest BCUT2D eigenvalue weighted by Gasteiger charge is -2.14. The third-order valence-corrected chi connectivity index (χ3v) is 3.34. The molecule has 2 rings (SSSR count). The number of rotatable bonds is 3. The number of esters is 1. The van der Waals surface area contributed by atoms with Crippen LogP contribution in [0.1, 0.15) is 28.4 Å². The number of hydrogen-bond acceptors (Lipinski definition) is 2. The first-order valence-electron chi connectivity index (χ1n) is 7.10. The van der Waals surface area contributed by atoms with Gasteiger partial charge in [-0.25, -0.2) is 4.79 Å². The van der Waals surface area contributed by atoms with Gasteiger partial charge in [0, 0.05) is 0 Å². The van der Waals surface area contributed by atoms with Crippen molar-refractivity contribution < 1.29 is 35.9 Å². The molecule has 0 amide bonds. The molecule has 0 spiro atoms. The van der Waals surface area contributed by atoms with Crippen molar-refractivity contribution >= 4 is 5.97 Å². The fraction of sp³-hybridized carbons (Fsp3) is 0.235. The van der Waals surface area contributed by atoms with Crippen molar-refractivity contribution in [1.29, 1.82) is 0 Å². The Morgan fingerprint density at radius 1 is 0.920 bits per heavy atom. The summed E-state index contributed by atoms with van der Waals surface area (Å²) in [4.78, 5) is 12.0. The van der Waals surface area contributed by atoms with Crippen molar-refractivity contribution in [1.82, 2.24) is 0 Å². The van der Waals surface area contributed by atoms with Gasteiger partial charge in [0.2, 0.25) is 0 Å². The van der Waals surface area contributed by atoms with Gasteiger partial charge in [0.25, 0.3) is 0 Å². The summed E-state index contributed by atoms with van der Waals surface area (Å²) in [5.74, 6) is -0.913. The minimum atomic E-state index is -4.70. The largest absolute Gasteiger partial charge is 0.462 e. The molecular weight excluding hydrogens is 350 g/mol. The highest BCUT2D eigenvalue weighted by Crippen LogP contribution is 2.36. The van der Waals surface area contributed by atoms with Crippen LogP contribution in [0.4, 0.5) is 26.3 Å². The number of ether oxygens (including phenoxy) is 1. The average Bonchev–Trinajstić information content (AvgIpc) is 2.53. The Labute approximate surface area is 139 Å². The molecule has 2 nitrogen and oxygen atoms in total. The molecular formula is C17H12F6O2. The Hall–Kier alpha value is -2.51. The second-order valence-electron chi connectivity index (χ2n) is 5.06. The van der Waals surface area contributed by atoms with E-state index in [9.17, 15) is 31.1 Å². The molecule has 134 valence electrons. The van der Waals surface area contributed by atoms with Crippen molar-refractivity contribution in [2.75, 3.05) is 6.61 Å². The molecule has 0 saturated heterocycles. The Bertz CT molecular complexity index is 777. The van der Waals surface area contributed by atoms with E-state index in [0.717, 1.165) is 18.2 Å². The summed E-state index contributed by atoms with van der Waals surface area (Å²) in [6.45, 7) is 1.48. The zero-order chi connectivity index (χ0) is 18.8. The Morgan fingerprint density at radius 2 is 1.52 bits per heavy atom. The average molecular weight is 362 g/mol. The van der Waals surface area contributed by atoms with Crippen LogP contribution in [0, 0.1) is 0 Å². The van der Waals surface area contributed by atoms with Crippen LogP contribution in [0.5, 0.6) is 0 Å². The van der Waals surface area contributed by atoms with E-state index in [2.05, 4.69) is 0 Å². The topological polar surface area (TPSA) is 26.3 Å². The second kappa shape index (κ2) is 6.78. The lowest BCUT2D eigenvalue weighted by molar-refractivity contribution is -0.138. The molecule has 2 aromatic rings. The molecule has 0 radical (unpaired) electrons. The number of halogens is 6. The highest BCUT2D eigenvalue weighted by molar-refractivity contribution is 5.97. The van der Waals surface area contributed by atoms with E-state index in [1.165, 1.54) is 13.0 Å². The summed E-state index contributed by atoms with van der Waals surface area (Å²) in [5.41, 5.74) is -2.79. The number of carbonyl (C=O) groups is 1. The third kappa shape index (κ3) is 4.32. The zero-order valence-corrected chi connectivity index (χ0v) is 12.8. The fourth-order valence-corrected chi connectivity index (χ4v) is 2.21. The van der Waals surface area contributed by atoms with Crippen molar-refractivity contribution in [2.24, 2.45) is 0 Å². The van der Waals surface area contributed by atoms with E-state index < -0.39 is 29.4 Å². The quantitative estimate of drug-likeness (QED) is 0.527. The van der Waals surface area contributed by atoms with Gasteiger partial charge in [-0.2, -0.15) is 26.3 Å². The van der Waals surface area contributed by atoms with Gasteiger partial charge >= 0.3 is 18.3 Å². The molecule has 0 atom stereocenters. The van der Waals surface area contributed by atoms with Crippen LogP contribution in [0.3, 0.4) is 0 Å². The zero-order valence-electron chi connectivity index (χ0n) is 12.8. The van der Waals surface area contributed by atoms with Crippen LogP contribution in [0.2, 0.25) is 0 Å². The van der Waals surface area contributed by atoms with Gasteiger partial charge < -0.3 is 4.74 Å². The molecule has 25 heavy (non-hydrogen) atoms. The van der Waals surface area contributed by atoms with E-state index in [1.54, 1.807) is 0 Å². The summed E-state index contributed by atoms with van der Waals surface area (Å²) >= 11 is 0. The van der Waals surface area contributed by atoms with E-state index in [1.807, 2.05) is 0 Å². The maximum absolute atomic E-state index is 12.9. The van der Waals surface area contributed by atoms with Crippen molar-refractivity contribution in [3.63, 3.8) is 0 Å². The van der Waals surface area contributed by atoms with Gasteiger partial charge in [-0.15, -0.1) is 0 Å². The SMILES string of the molecule is CCOC(=O)c1ccc(C(F)(F)F)cc1-c1cccc(C(F)(F)F)c1. The standard InChI is InChI=1S/C17H12F6O2/c1-2-25-15(24)13-7-6-12(17(21,22)23)9-14(13)10-4-3-5-11(8-10)16(18,19)20/h3-9H,2H2,1H3. The summed E-state index contributed by atoms with van der Waals surface area (Å²) in [6, 6.07) is 5.97. The predicted molar refractivity (Wildman–Crippen MR) is 77.8 cm³/mol. The second-order valence-corrected chi connectivity index (χ2v) is 5.06. The summed E-state index contributed by atoms with van der Waals surface area (Å²) in [6.07, 6.45) is -9.37. The maximum atomic E-state index is 12.9. The molecule has 0 N–H and O–H groups in total. The monoisotopic (exact) mass is 362 g/mol. The first-order chi connectivity index (χ1) is 11.5. The summed E-state index contributed by atoms with van der Waals surface area (Å²) in [7, 11) is 0. The Balaban J connectivity index is 2.66. The number of benzene rings is 2. The molecule has 0 heterocycles. The Kier molecular flexibility index (Phi) is 5.10. The number of hydrogen-bond donors (Lipinski definition) is 0. The molecule has 0 aromatic heterocycles. The molecule has 0 aliphatic heterocycles. The molecule has 0 aliphatic rings. The van der Waals surface area contributed by atoms with Crippen molar-refractivity contribution in [3.8, 4) is 11.1 Å². The van der Waals surface area contributed by atoms with Gasteiger partial charge in [-0.1, -0.05) is 12.1 Å². The molecule has 0 fully saturated rings. The molecule has 0 saturated carbocycles. The predicted octanol–water partition coefficient (Wildman–Crippen LogP) is 5.57.